The fourth-order valence-electron chi connectivity index (χ4n) is 3.34. The van der Waals surface area contributed by atoms with Crippen LogP contribution in [0.4, 0.5) is 0 Å². The van der Waals surface area contributed by atoms with Gasteiger partial charge in [-0.05, 0) is 42.7 Å². The summed E-state index contributed by atoms with van der Waals surface area (Å²) in [6.45, 7) is 3.26. The summed E-state index contributed by atoms with van der Waals surface area (Å²) in [5, 5.41) is 10.5. The lowest BCUT2D eigenvalue weighted by atomic mass is 10.1. The molecule has 2 atom stereocenters. The van der Waals surface area contributed by atoms with E-state index < -0.39 is 6.10 Å². The molecule has 27 heavy (non-hydrogen) atoms. The molecule has 0 aromatic heterocycles. The molecule has 0 aliphatic carbocycles. The number of aliphatic hydroxyl groups is 1. The molecule has 0 spiro atoms. The van der Waals surface area contributed by atoms with Gasteiger partial charge >= 0.3 is 0 Å². The Balaban J connectivity index is 1.52. The lowest BCUT2D eigenvalue weighted by molar-refractivity contribution is 0.0313. The molecule has 1 heterocycles. The Hall–Kier alpha value is -2.08. The average molecular weight is 371 g/mol. The third-order valence-corrected chi connectivity index (χ3v) is 4.71. The van der Waals surface area contributed by atoms with Gasteiger partial charge in [-0.15, -0.1) is 0 Å². The minimum Gasteiger partial charge on any atom is -0.497 e. The van der Waals surface area contributed by atoms with Crippen LogP contribution in [-0.2, 0) is 11.3 Å². The Morgan fingerprint density at radius 2 is 1.85 bits per heavy atom. The lowest BCUT2D eigenvalue weighted by Crippen LogP contribution is -2.39. The van der Waals surface area contributed by atoms with Crippen LogP contribution in [0.3, 0.4) is 0 Å². The third-order valence-electron chi connectivity index (χ3n) is 4.71. The molecule has 0 radical (unpaired) electrons. The second-order valence-corrected chi connectivity index (χ2v) is 6.96. The molecule has 0 unspecified atom stereocenters. The molecule has 1 fully saturated rings. The number of aliphatic hydroxyl groups excluding tert-OH is 1. The van der Waals surface area contributed by atoms with E-state index in [0.717, 1.165) is 44.0 Å². The number of methoxy groups -OCH3 is 1. The molecule has 0 amide bonds. The first kappa shape index (κ1) is 19.7. The van der Waals surface area contributed by atoms with E-state index in [1.807, 2.05) is 42.5 Å². The van der Waals surface area contributed by atoms with Gasteiger partial charge in [0.1, 0.15) is 24.2 Å². The van der Waals surface area contributed by atoms with Crippen molar-refractivity contribution in [1.82, 2.24) is 4.90 Å². The fourth-order valence-corrected chi connectivity index (χ4v) is 3.34. The highest BCUT2D eigenvalue weighted by atomic mass is 16.5. The maximum atomic E-state index is 10.5. The molecule has 0 saturated carbocycles. The van der Waals surface area contributed by atoms with Crippen LogP contribution in [0.5, 0.6) is 11.5 Å². The van der Waals surface area contributed by atoms with E-state index >= 15 is 0 Å². The maximum absolute atomic E-state index is 10.5. The zero-order valence-electron chi connectivity index (χ0n) is 15.9. The Labute approximate surface area is 161 Å². The van der Waals surface area contributed by atoms with Gasteiger partial charge in [-0.3, -0.25) is 4.90 Å². The van der Waals surface area contributed by atoms with E-state index in [-0.39, 0.29) is 12.7 Å². The van der Waals surface area contributed by atoms with Crippen molar-refractivity contribution in [3.63, 3.8) is 0 Å². The van der Waals surface area contributed by atoms with Crippen LogP contribution in [-0.4, -0.2) is 55.6 Å². The van der Waals surface area contributed by atoms with Crippen LogP contribution < -0.4 is 9.47 Å². The van der Waals surface area contributed by atoms with Gasteiger partial charge in [0.15, 0.2) is 0 Å². The SMILES string of the molecule is COc1ccc(OC[C@H](O)CN(Cc2ccccc2)C[C@@H]2CCCO2)cc1. The minimum absolute atomic E-state index is 0.253. The Morgan fingerprint density at radius 1 is 1.11 bits per heavy atom. The monoisotopic (exact) mass is 371 g/mol. The highest BCUT2D eigenvalue weighted by Crippen LogP contribution is 2.18. The average Bonchev–Trinajstić information content (AvgIpc) is 3.20. The first-order valence-electron chi connectivity index (χ1n) is 9.56. The van der Waals surface area contributed by atoms with Gasteiger partial charge in [0, 0.05) is 26.2 Å². The molecule has 5 nitrogen and oxygen atoms in total. The Bertz CT molecular complexity index is 656. The van der Waals surface area contributed by atoms with Crippen LogP contribution in [0.1, 0.15) is 18.4 Å². The Morgan fingerprint density at radius 3 is 2.52 bits per heavy atom. The van der Waals surface area contributed by atoms with Gasteiger partial charge in [0.2, 0.25) is 0 Å². The number of hydrogen-bond acceptors (Lipinski definition) is 5. The summed E-state index contributed by atoms with van der Waals surface area (Å²) in [5.41, 5.74) is 1.23. The van der Waals surface area contributed by atoms with Crippen molar-refractivity contribution in [2.45, 2.75) is 31.6 Å². The van der Waals surface area contributed by atoms with Crippen molar-refractivity contribution in [1.29, 1.82) is 0 Å². The molecule has 1 N–H and O–H groups in total. The normalized spacial score (nSPS) is 17.8. The zero-order valence-corrected chi connectivity index (χ0v) is 15.9. The predicted molar refractivity (Wildman–Crippen MR) is 105 cm³/mol. The standard InChI is InChI=1S/C22H29NO4/c1-25-20-9-11-21(12-10-20)27-17-19(24)15-23(16-22-8-5-13-26-22)14-18-6-3-2-4-7-18/h2-4,6-7,9-12,19,22,24H,5,8,13-17H2,1H3/t19-,22+/m1/s1. The topological polar surface area (TPSA) is 51.2 Å². The number of hydrogen-bond donors (Lipinski definition) is 1. The second-order valence-electron chi connectivity index (χ2n) is 6.96. The first-order chi connectivity index (χ1) is 13.2. The second kappa shape index (κ2) is 10.3. The number of benzene rings is 2. The molecule has 5 heteroatoms. The third kappa shape index (κ3) is 6.54. The first-order valence-corrected chi connectivity index (χ1v) is 9.56. The van der Waals surface area contributed by atoms with Gasteiger partial charge in [0.25, 0.3) is 0 Å². The van der Waals surface area contributed by atoms with Gasteiger partial charge in [0.05, 0.1) is 13.2 Å². The van der Waals surface area contributed by atoms with Crippen molar-refractivity contribution in [3.8, 4) is 11.5 Å². The van der Waals surface area contributed by atoms with Gasteiger partial charge in [-0.2, -0.15) is 0 Å². The van der Waals surface area contributed by atoms with Crippen molar-refractivity contribution >= 4 is 0 Å². The predicted octanol–water partition coefficient (Wildman–Crippen LogP) is 3.12. The fraction of sp³-hybridized carbons (Fsp3) is 0.455. The number of nitrogens with zero attached hydrogens (tertiary/aromatic N) is 1. The molecule has 146 valence electrons. The Kier molecular flexibility index (Phi) is 7.51. The van der Waals surface area contributed by atoms with E-state index in [1.165, 1.54) is 5.56 Å². The highest BCUT2D eigenvalue weighted by Gasteiger charge is 2.21. The van der Waals surface area contributed by atoms with E-state index in [1.54, 1.807) is 7.11 Å². The molecule has 1 aliphatic heterocycles. The summed E-state index contributed by atoms with van der Waals surface area (Å²) in [7, 11) is 1.63. The van der Waals surface area contributed by atoms with Gasteiger partial charge in [-0.1, -0.05) is 30.3 Å². The summed E-state index contributed by atoms with van der Waals surface area (Å²) in [5.74, 6) is 1.51. The van der Waals surface area contributed by atoms with Crippen LogP contribution in [0.2, 0.25) is 0 Å². The zero-order chi connectivity index (χ0) is 18.9. The molecular weight excluding hydrogens is 342 g/mol. The number of rotatable bonds is 10. The van der Waals surface area contributed by atoms with Crippen LogP contribution in [0.15, 0.2) is 54.6 Å². The summed E-state index contributed by atoms with van der Waals surface area (Å²) in [6, 6.07) is 17.7. The molecular formula is C22H29NO4. The molecule has 2 aromatic rings. The summed E-state index contributed by atoms with van der Waals surface area (Å²) in [6.07, 6.45) is 1.89. The minimum atomic E-state index is -0.572. The molecule has 2 aromatic carbocycles. The lowest BCUT2D eigenvalue weighted by Gasteiger charge is -2.27. The molecule has 0 bridgehead atoms. The van der Waals surface area contributed by atoms with Crippen LogP contribution >= 0.6 is 0 Å². The summed E-state index contributed by atoms with van der Waals surface area (Å²) < 4.78 is 16.7. The van der Waals surface area contributed by atoms with Crippen LogP contribution in [0.25, 0.3) is 0 Å². The highest BCUT2D eigenvalue weighted by molar-refractivity contribution is 5.31. The van der Waals surface area contributed by atoms with Crippen molar-refractivity contribution < 1.29 is 19.3 Å². The molecule has 1 aliphatic rings. The smallest absolute Gasteiger partial charge is 0.119 e. The summed E-state index contributed by atoms with van der Waals surface area (Å²) in [4.78, 5) is 2.26. The molecule has 3 rings (SSSR count). The van der Waals surface area contributed by atoms with E-state index in [9.17, 15) is 5.11 Å². The van der Waals surface area contributed by atoms with E-state index in [4.69, 9.17) is 14.2 Å². The van der Waals surface area contributed by atoms with Crippen molar-refractivity contribution in [3.05, 3.63) is 60.2 Å². The van der Waals surface area contributed by atoms with E-state index in [2.05, 4.69) is 17.0 Å². The quantitative estimate of drug-likeness (QED) is 0.695. The largest absolute Gasteiger partial charge is 0.497 e. The van der Waals surface area contributed by atoms with Gasteiger partial charge in [-0.25, -0.2) is 0 Å². The van der Waals surface area contributed by atoms with Crippen molar-refractivity contribution in [2.24, 2.45) is 0 Å². The van der Waals surface area contributed by atoms with Crippen LogP contribution in [0, 0.1) is 0 Å². The molecule has 1 saturated heterocycles. The van der Waals surface area contributed by atoms with E-state index in [0.29, 0.717) is 6.54 Å². The van der Waals surface area contributed by atoms with Crippen molar-refractivity contribution in [2.75, 3.05) is 33.4 Å². The van der Waals surface area contributed by atoms with Gasteiger partial charge < -0.3 is 19.3 Å². The number of ether oxygens (including phenoxy) is 3. The summed E-state index contributed by atoms with van der Waals surface area (Å²) >= 11 is 0. The maximum Gasteiger partial charge on any atom is 0.119 e.